The number of nitrogens with two attached hydrogens (primary N) is 1. The highest BCUT2D eigenvalue weighted by Crippen LogP contribution is 2.22. The Bertz CT molecular complexity index is 628. The molecule has 122 valence electrons. The first-order chi connectivity index (χ1) is 10.9. The summed E-state index contributed by atoms with van der Waals surface area (Å²) >= 11 is 0. The Morgan fingerprint density at radius 3 is 1.91 bits per heavy atom. The van der Waals surface area contributed by atoms with Gasteiger partial charge in [-0.05, 0) is 48.5 Å². The van der Waals surface area contributed by atoms with Crippen molar-refractivity contribution in [1.29, 1.82) is 0 Å². The van der Waals surface area contributed by atoms with E-state index in [4.69, 9.17) is 10.5 Å². The predicted octanol–water partition coefficient (Wildman–Crippen LogP) is 4.16. The first-order valence-corrected chi connectivity index (χ1v) is 7.73. The van der Waals surface area contributed by atoms with Crippen molar-refractivity contribution in [3.05, 3.63) is 48.5 Å². The van der Waals surface area contributed by atoms with E-state index in [1.807, 2.05) is 48.5 Å². The van der Waals surface area contributed by atoms with Gasteiger partial charge in [0, 0.05) is 12.1 Å². The highest BCUT2D eigenvalue weighted by atomic mass is 16.5. The van der Waals surface area contributed by atoms with Gasteiger partial charge in [0.1, 0.15) is 5.75 Å². The van der Waals surface area contributed by atoms with Crippen molar-refractivity contribution >= 4 is 17.1 Å². The molecule has 0 bridgehead atoms. The van der Waals surface area contributed by atoms with Gasteiger partial charge >= 0.3 is 0 Å². The van der Waals surface area contributed by atoms with E-state index in [0.29, 0.717) is 0 Å². The maximum absolute atomic E-state index is 5.74. The summed E-state index contributed by atoms with van der Waals surface area (Å²) in [5, 5.41) is 8.38. The summed E-state index contributed by atoms with van der Waals surface area (Å²) in [5.74, 6) is 0.859. The summed E-state index contributed by atoms with van der Waals surface area (Å²) in [6, 6.07) is 14.9. The number of hydrogen-bond acceptors (Lipinski definition) is 4. The van der Waals surface area contributed by atoms with E-state index in [0.717, 1.165) is 46.9 Å². The topological polar surface area (TPSA) is 60.0 Å². The molecule has 0 saturated heterocycles. The van der Waals surface area contributed by atoms with Crippen molar-refractivity contribution in [1.82, 2.24) is 0 Å². The van der Waals surface area contributed by atoms with Gasteiger partial charge in [0.2, 0.25) is 0 Å². The lowest BCUT2D eigenvalue weighted by Gasteiger charge is -2.23. The van der Waals surface area contributed by atoms with E-state index in [-0.39, 0.29) is 0 Å². The molecule has 2 rings (SSSR count). The van der Waals surface area contributed by atoms with E-state index in [2.05, 4.69) is 31.4 Å². The Hall–Kier alpha value is -2.40. The zero-order chi connectivity index (χ0) is 16.7. The molecular weight excluding hydrogens is 288 g/mol. The molecule has 0 amide bonds. The lowest BCUT2D eigenvalue weighted by molar-refractivity contribution is -0.870. The maximum atomic E-state index is 5.74. The third kappa shape index (κ3) is 6.48. The number of nitrogen functional groups attached to an aromatic ring is 1. The van der Waals surface area contributed by atoms with Crippen molar-refractivity contribution in [2.75, 3.05) is 40.0 Å². The minimum atomic E-state index is 0.718. The second kappa shape index (κ2) is 7.74. The fraction of sp³-hybridized carbons (Fsp3) is 0.333. The number of anilines is 1. The first kappa shape index (κ1) is 17.0. The minimum absolute atomic E-state index is 0.718. The van der Waals surface area contributed by atoms with Gasteiger partial charge in [-0.15, -0.1) is 0 Å². The second-order valence-electron chi connectivity index (χ2n) is 6.50. The van der Waals surface area contributed by atoms with Crippen LogP contribution in [0.15, 0.2) is 58.8 Å². The molecule has 0 aliphatic carbocycles. The lowest BCUT2D eigenvalue weighted by Crippen LogP contribution is -2.35. The standard InChI is InChI=1S/C18H25N4O/c1-22(2,3)13-4-14-23-18-11-9-17(10-12-18)21-20-16-7-5-15(19)6-8-16/h5-12H,4,13-14,19H2,1-3H3/q+1. The van der Waals surface area contributed by atoms with Crippen LogP contribution in [0, 0.1) is 0 Å². The zero-order valence-electron chi connectivity index (χ0n) is 14.1. The van der Waals surface area contributed by atoms with Crippen LogP contribution in [0.2, 0.25) is 0 Å². The quantitative estimate of drug-likeness (QED) is 0.361. The van der Waals surface area contributed by atoms with Crippen LogP contribution in [0.25, 0.3) is 0 Å². The number of azo groups is 1. The molecule has 0 atom stereocenters. The molecule has 0 fully saturated rings. The van der Waals surface area contributed by atoms with E-state index in [1.165, 1.54) is 0 Å². The van der Waals surface area contributed by atoms with Gasteiger partial charge in [0.25, 0.3) is 0 Å². The van der Waals surface area contributed by atoms with Crippen LogP contribution in [-0.2, 0) is 0 Å². The van der Waals surface area contributed by atoms with Crippen molar-refractivity contribution in [2.45, 2.75) is 6.42 Å². The Labute approximate surface area is 138 Å². The van der Waals surface area contributed by atoms with Crippen LogP contribution in [0.3, 0.4) is 0 Å². The van der Waals surface area contributed by atoms with Gasteiger partial charge in [-0.25, -0.2) is 0 Å². The van der Waals surface area contributed by atoms with Crippen LogP contribution in [0.5, 0.6) is 5.75 Å². The summed E-state index contributed by atoms with van der Waals surface area (Å²) in [4.78, 5) is 0. The molecule has 23 heavy (non-hydrogen) atoms. The number of nitrogens with zero attached hydrogens (tertiary/aromatic N) is 3. The second-order valence-corrected chi connectivity index (χ2v) is 6.50. The van der Waals surface area contributed by atoms with Gasteiger partial charge < -0.3 is 15.0 Å². The Morgan fingerprint density at radius 1 is 0.870 bits per heavy atom. The predicted molar refractivity (Wildman–Crippen MR) is 94.5 cm³/mol. The van der Waals surface area contributed by atoms with Crippen LogP contribution in [-0.4, -0.2) is 38.8 Å². The third-order valence-corrected chi connectivity index (χ3v) is 3.25. The van der Waals surface area contributed by atoms with Gasteiger partial charge in [-0.2, -0.15) is 10.2 Å². The molecule has 5 nitrogen and oxygen atoms in total. The minimum Gasteiger partial charge on any atom is -0.493 e. The molecule has 0 saturated carbocycles. The monoisotopic (exact) mass is 313 g/mol. The zero-order valence-corrected chi connectivity index (χ0v) is 14.1. The fourth-order valence-corrected chi connectivity index (χ4v) is 1.99. The van der Waals surface area contributed by atoms with Crippen LogP contribution in [0.1, 0.15) is 6.42 Å². The fourth-order valence-electron chi connectivity index (χ4n) is 1.99. The van der Waals surface area contributed by atoms with E-state index in [1.54, 1.807) is 0 Å². The molecular formula is C18H25N4O+. The molecule has 0 radical (unpaired) electrons. The summed E-state index contributed by atoms with van der Waals surface area (Å²) in [6.45, 7) is 1.82. The lowest BCUT2D eigenvalue weighted by atomic mass is 10.3. The molecule has 2 N–H and O–H groups in total. The Kier molecular flexibility index (Phi) is 5.71. The maximum Gasteiger partial charge on any atom is 0.119 e. The normalized spacial score (nSPS) is 11.8. The summed E-state index contributed by atoms with van der Waals surface area (Å²) in [6.07, 6.45) is 1.03. The van der Waals surface area contributed by atoms with Crippen molar-refractivity contribution < 1.29 is 9.22 Å². The largest absolute Gasteiger partial charge is 0.493 e. The highest BCUT2D eigenvalue weighted by molar-refractivity contribution is 5.48. The van der Waals surface area contributed by atoms with Crippen LogP contribution in [0.4, 0.5) is 17.1 Å². The molecule has 2 aromatic rings. The summed E-state index contributed by atoms with van der Waals surface area (Å²) in [7, 11) is 6.54. The van der Waals surface area contributed by atoms with E-state index >= 15 is 0 Å². The number of quaternary nitrogens is 1. The molecule has 0 spiro atoms. The third-order valence-electron chi connectivity index (χ3n) is 3.25. The molecule has 0 aliphatic rings. The average Bonchev–Trinajstić information content (AvgIpc) is 2.51. The van der Waals surface area contributed by atoms with Crippen molar-refractivity contribution in [3.63, 3.8) is 0 Å². The van der Waals surface area contributed by atoms with Gasteiger partial charge in [-0.3, -0.25) is 0 Å². The van der Waals surface area contributed by atoms with E-state index < -0.39 is 0 Å². The molecule has 2 aromatic carbocycles. The van der Waals surface area contributed by atoms with E-state index in [9.17, 15) is 0 Å². The number of ether oxygens (including phenoxy) is 1. The number of hydrogen-bond donors (Lipinski definition) is 1. The molecule has 0 unspecified atom stereocenters. The smallest absolute Gasteiger partial charge is 0.119 e. The summed E-state index contributed by atoms with van der Waals surface area (Å²) < 4.78 is 6.69. The van der Waals surface area contributed by atoms with Crippen molar-refractivity contribution in [2.24, 2.45) is 10.2 Å². The molecule has 0 aliphatic heterocycles. The van der Waals surface area contributed by atoms with Crippen LogP contribution >= 0.6 is 0 Å². The number of rotatable bonds is 7. The van der Waals surface area contributed by atoms with Gasteiger partial charge in [0.15, 0.2) is 0 Å². The number of benzene rings is 2. The highest BCUT2D eigenvalue weighted by Gasteiger charge is 2.05. The SMILES string of the molecule is C[N+](C)(C)CCCOc1ccc(N=Nc2ccc(N)cc2)cc1. The van der Waals surface area contributed by atoms with Gasteiger partial charge in [0.05, 0.1) is 45.7 Å². The Morgan fingerprint density at radius 2 is 1.39 bits per heavy atom. The summed E-state index contributed by atoms with van der Waals surface area (Å²) in [5.41, 5.74) is 7.93. The molecule has 0 heterocycles. The molecule has 5 heteroatoms. The van der Waals surface area contributed by atoms with Crippen molar-refractivity contribution in [3.8, 4) is 5.75 Å². The Balaban J connectivity index is 1.83. The van der Waals surface area contributed by atoms with Gasteiger partial charge in [-0.1, -0.05) is 0 Å². The molecule has 0 aromatic heterocycles. The first-order valence-electron chi connectivity index (χ1n) is 7.73. The van der Waals surface area contributed by atoms with Crippen LogP contribution < -0.4 is 10.5 Å². The average molecular weight is 313 g/mol.